The fourth-order valence-corrected chi connectivity index (χ4v) is 3.55. The van der Waals surface area contributed by atoms with Crippen molar-refractivity contribution in [3.05, 3.63) is 64.5 Å². The van der Waals surface area contributed by atoms with Crippen LogP contribution in [0.3, 0.4) is 0 Å². The van der Waals surface area contributed by atoms with E-state index in [-0.39, 0.29) is 12.0 Å². The number of nitrogens with one attached hydrogen (secondary N) is 1. The van der Waals surface area contributed by atoms with Gasteiger partial charge in [-0.2, -0.15) is 0 Å². The number of fused-ring (bicyclic) bond motifs is 1. The predicted molar refractivity (Wildman–Crippen MR) is 106 cm³/mol. The number of rotatable bonds is 4. The van der Waals surface area contributed by atoms with Gasteiger partial charge in [0.05, 0.1) is 29.2 Å². The summed E-state index contributed by atoms with van der Waals surface area (Å²) in [5.74, 6) is 2.08. The number of furan rings is 1. The maximum Gasteiger partial charge on any atom is 0.254 e. The number of hydrogen-bond donors (Lipinski definition) is 1. The standard InChI is InChI=1S/C22H23N3O3/c1-12-10-23-14(3)21(25-12)16-5-6-20-17(8-16)9-18(28-20)11-24-22(26)19-7-13(2)27-15(19)4/h5-8,10,18H,9,11H2,1-4H3,(H,24,26). The van der Waals surface area contributed by atoms with E-state index in [1.54, 1.807) is 19.2 Å². The van der Waals surface area contributed by atoms with E-state index in [4.69, 9.17) is 9.15 Å². The molecular formula is C22H23N3O3. The van der Waals surface area contributed by atoms with Crippen molar-refractivity contribution in [1.29, 1.82) is 0 Å². The van der Waals surface area contributed by atoms with Crippen molar-refractivity contribution in [2.45, 2.75) is 40.2 Å². The molecule has 0 saturated heterocycles. The van der Waals surface area contributed by atoms with Gasteiger partial charge >= 0.3 is 0 Å². The topological polar surface area (TPSA) is 77.2 Å². The Bertz CT molecular complexity index is 1060. The number of aryl methyl sites for hydroxylation is 4. The van der Waals surface area contributed by atoms with Crippen LogP contribution >= 0.6 is 0 Å². The van der Waals surface area contributed by atoms with Crippen molar-refractivity contribution in [2.24, 2.45) is 0 Å². The van der Waals surface area contributed by atoms with Crippen LogP contribution in [0.5, 0.6) is 5.75 Å². The van der Waals surface area contributed by atoms with Crippen molar-refractivity contribution in [3.8, 4) is 17.0 Å². The first kappa shape index (κ1) is 18.2. The van der Waals surface area contributed by atoms with Crippen LogP contribution in [0.25, 0.3) is 11.3 Å². The Hall–Kier alpha value is -3.15. The Labute approximate surface area is 164 Å². The van der Waals surface area contributed by atoms with Crippen LogP contribution in [0.1, 0.15) is 38.8 Å². The number of carbonyl (C=O) groups excluding carboxylic acids is 1. The molecule has 1 atom stereocenters. The number of ether oxygens (including phenoxy) is 1. The Kier molecular flexibility index (Phi) is 4.63. The molecular weight excluding hydrogens is 354 g/mol. The molecule has 1 aliphatic heterocycles. The number of benzene rings is 1. The largest absolute Gasteiger partial charge is 0.488 e. The molecule has 1 unspecified atom stereocenters. The van der Waals surface area contributed by atoms with Gasteiger partial charge in [0, 0.05) is 18.2 Å². The fourth-order valence-electron chi connectivity index (χ4n) is 3.55. The van der Waals surface area contributed by atoms with Crippen LogP contribution in [0.15, 0.2) is 34.9 Å². The number of amides is 1. The van der Waals surface area contributed by atoms with Crippen LogP contribution in [0, 0.1) is 27.7 Å². The van der Waals surface area contributed by atoms with Gasteiger partial charge in [-0.15, -0.1) is 0 Å². The number of hydrogen-bond acceptors (Lipinski definition) is 5. The minimum atomic E-state index is -0.139. The number of carbonyl (C=O) groups is 1. The first-order chi connectivity index (χ1) is 13.4. The molecule has 4 rings (SSSR count). The lowest BCUT2D eigenvalue weighted by molar-refractivity contribution is 0.0932. The summed E-state index contributed by atoms with van der Waals surface area (Å²) in [6.45, 7) is 7.97. The van der Waals surface area contributed by atoms with Gasteiger partial charge in [-0.1, -0.05) is 0 Å². The molecule has 0 aliphatic carbocycles. The third-order valence-corrected chi connectivity index (χ3v) is 4.93. The molecule has 144 valence electrons. The molecule has 3 heterocycles. The van der Waals surface area contributed by atoms with E-state index < -0.39 is 0 Å². The summed E-state index contributed by atoms with van der Waals surface area (Å²) < 4.78 is 11.4. The van der Waals surface area contributed by atoms with Crippen molar-refractivity contribution in [1.82, 2.24) is 15.3 Å². The van der Waals surface area contributed by atoms with E-state index in [0.29, 0.717) is 17.9 Å². The molecule has 0 spiro atoms. The highest BCUT2D eigenvalue weighted by Crippen LogP contribution is 2.33. The SMILES string of the molecule is Cc1cnc(C)c(-c2ccc3c(c2)CC(CNC(=O)c2cc(C)oc2C)O3)n1. The van der Waals surface area contributed by atoms with Gasteiger partial charge < -0.3 is 14.5 Å². The molecule has 28 heavy (non-hydrogen) atoms. The maximum absolute atomic E-state index is 12.4. The normalized spacial score (nSPS) is 15.2. The van der Waals surface area contributed by atoms with E-state index in [0.717, 1.165) is 46.1 Å². The van der Waals surface area contributed by atoms with Gasteiger partial charge in [-0.3, -0.25) is 9.78 Å². The van der Waals surface area contributed by atoms with E-state index in [9.17, 15) is 4.79 Å². The molecule has 6 heteroatoms. The van der Waals surface area contributed by atoms with E-state index in [1.165, 1.54) is 0 Å². The molecule has 1 aliphatic rings. The zero-order chi connectivity index (χ0) is 19.8. The molecule has 0 radical (unpaired) electrons. The third kappa shape index (κ3) is 3.50. The fraction of sp³-hybridized carbons (Fsp3) is 0.318. The van der Waals surface area contributed by atoms with Crippen molar-refractivity contribution < 1.29 is 13.9 Å². The summed E-state index contributed by atoms with van der Waals surface area (Å²) in [6, 6.07) is 7.84. The maximum atomic E-state index is 12.4. The van der Waals surface area contributed by atoms with Gasteiger partial charge in [-0.05, 0) is 57.5 Å². The molecule has 0 fully saturated rings. The Morgan fingerprint density at radius 3 is 2.79 bits per heavy atom. The minimum Gasteiger partial charge on any atom is -0.488 e. The highest BCUT2D eigenvalue weighted by Gasteiger charge is 2.25. The number of nitrogens with zero attached hydrogens (tertiary/aromatic N) is 2. The van der Waals surface area contributed by atoms with Crippen LogP contribution < -0.4 is 10.1 Å². The first-order valence-corrected chi connectivity index (χ1v) is 9.36. The Balaban J connectivity index is 1.45. The molecule has 1 N–H and O–H groups in total. The van der Waals surface area contributed by atoms with Crippen LogP contribution in [-0.2, 0) is 6.42 Å². The number of aromatic nitrogens is 2. The average Bonchev–Trinajstić information content (AvgIpc) is 3.23. The quantitative estimate of drug-likeness (QED) is 0.750. The highest BCUT2D eigenvalue weighted by molar-refractivity contribution is 5.95. The summed E-state index contributed by atoms with van der Waals surface area (Å²) in [7, 11) is 0. The van der Waals surface area contributed by atoms with Gasteiger partial charge in [0.2, 0.25) is 0 Å². The zero-order valence-corrected chi connectivity index (χ0v) is 16.5. The second-order valence-electron chi connectivity index (χ2n) is 7.25. The third-order valence-electron chi connectivity index (χ3n) is 4.93. The lowest BCUT2D eigenvalue weighted by atomic mass is 10.0. The second-order valence-corrected chi connectivity index (χ2v) is 7.25. The summed E-state index contributed by atoms with van der Waals surface area (Å²) >= 11 is 0. The molecule has 2 aromatic heterocycles. The average molecular weight is 377 g/mol. The smallest absolute Gasteiger partial charge is 0.254 e. The zero-order valence-electron chi connectivity index (χ0n) is 16.5. The highest BCUT2D eigenvalue weighted by atomic mass is 16.5. The summed E-state index contributed by atoms with van der Waals surface area (Å²) in [5, 5.41) is 2.95. The molecule has 6 nitrogen and oxygen atoms in total. The molecule has 0 bridgehead atoms. The molecule has 0 saturated carbocycles. The second kappa shape index (κ2) is 7.11. The monoisotopic (exact) mass is 377 g/mol. The summed E-state index contributed by atoms with van der Waals surface area (Å²) in [6.07, 6.45) is 2.43. The molecule has 1 aromatic carbocycles. The lowest BCUT2D eigenvalue weighted by Crippen LogP contribution is -2.34. The Morgan fingerprint density at radius 1 is 1.21 bits per heavy atom. The van der Waals surface area contributed by atoms with Gasteiger partial charge in [0.25, 0.3) is 5.91 Å². The molecule has 1 amide bonds. The van der Waals surface area contributed by atoms with Gasteiger partial charge in [-0.25, -0.2) is 4.98 Å². The summed E-state index contributed by atoms with van der Waals surface area (Å²) in [4.78, 5) is 21.4. The summed E-state index contributed by atoms with van der Waals surface area (Å²) in [5.41, 5.74) is 5.41. The molecule has 3 aromatic rings. The van der Waals surface area contributed by atoms with E-state index in [2.05, 4.69) is 21.4 Å². The van der Waals surface area contributed by atoms with Crippen molar-refractivity contribution in [3.63, 3.8) is 0 Å². The van der Waals surface area contributed by atoms with E-state index >= 15 is 0 Å². The van der Waals surface area contributed by atoms with Crippen molar-refractivity contribution in [2.75, 3.05) is 6.54 Å². The van der Waals surface area contributed by atoms with Crippen LogP contribution in [0.4, 0.5) is 0 Å². The minimum absolute atomic E-state index is 0.0906. The lowest BCUT2D eigenvalue weighted by Gasteiger charge is -2.11. The van der Waals surface area contributed by atoms with Crippen molar-refractivity contribution >= 4 is 5.91 Å². The first-order valence-electron chi connectivity index (χ1n) is 9.36. The van der Waals surface area contributed by atoms with Crippen LogP contribution in [0.2, 0.25) is 0 Å². The Morgan fingerprint density at radius 2 is 2.04 bits per heavy atom. The van der Waals surface area contributed by atoms with Gasteiger partial charge in [0.15, 0.2) is 0 Å². The van der Waals surface area contributed by atoms with Crippen LogP contribution in [-0.4, -0.2) is 28.5 Å². The van der Waals surface area contributed by atoms with Gasteiger partial charge in [0.1, 0.15) is 23.4 Å². The predicted octanol–water partition coefficient (Wildman–Crippen LogP) is 3.70. The van der Waals surface area contributed by atoms with E-state index in [1.807, 2.05) is 32.9 Å².